The van der Waals surface area contributed by atoms with E-state index in [9.17, 15) is 4.79 Å². The Morgan fingerprint density at radius 1 is 1.32 bits per heavy atom. The van der Waals surface area contributed by atoms with Gasteiger partial charge in [0.15, 0.2) is 18.0 Å². The molecule has 0 spiro atoms. The van der Waals surface area contributed by atoms with Crippen LogP contribution in [0.3, 0.4) is 0 Å². The van der Waals surface area contributed by atoms with Crippen LogP contribution in [0.4, 0.5) is 5.00 Å². The number of nitriles is 1. The molecule has 1 heterocycles. The van der Waals surface area contributed by atoms with Gasteiger partial charge < -0.3 is 19.7 Å². The van der Waals surface area contributed by atoms with Crippen LogP contribution >= 0.6 is 11.3 Å². The number of carbonyl (C=O) groups excluding carboxylic acids is 1. The minimum atomic E-state index is -0.116. The van der Waals surface area contributed by atoms with Crippen LogP contribution in [0, 0.1) is 18.3 Å². The lowest BCUT2D eigenvalue weighted by Gasteiger charge is -2.17. The fraction of sp³-hybridized carbons (Fsp3) is 0.333. The summed E-state index contributed by atoms with van der Waals surface area (Å²) >= 11 is 1.35. The number of benzene rings is 1. The average Bonchev–Trinajstić information content (AvgIpc) is 3.02. The first-order valence-electron chi connectivity index (χ1n) is 7.78. The number of nitrogens with zero attached hydrogens (tertiary/aromatic N) is 1. The number of likely N-dealkylation sites (N-methyl/N-ethyl adjacent to an activating group) is 1. The van der Waals surface area contributed by atoms with E-state index in [4.69, 9.17) is 14.7 Å². The summed E-state index contributed by atoms with van der Waals surface area (Å²) in [7, 11) is 5.17. The Kier molecular flexibility index (Phi) is 6.39. The average molecular weight is 360 g/mol. The van der Waals surface area contributed by atoms with Gasteiger partial charge in [0.25, 0.3) is 5.91 Å². The van der Waals surface area contributed by atoms with Crippen molar-refractivity contribution in [2.75, 3.05) is 33.1 Å². The zero-order valence-electron chi connectivity index (χ0n) is 14.8. The monoisotopic (exact) mass is 360 g/mol. The molecule has 6 nitrogen and oxygen atoms in total. The third kappa shape index (κ3) is 4.72. The molecule has 1 aromatic carbocycles. The number of aryl methyl sites for hydroxylation is 1. The van der Waals surface area contributed by atoms with Crippen LogP contribution in [-0.2, 0) is 11.3 Å². The van der Waals surface area contributed by atoms with Gasteiger partial charge in [-0.25, -0.2) is 0 Å². The molecule has 25 heavy (non-hydrogen) atoms. The topological polar surface area (TPSA) is 75.8 Å². The molecule has 2 aromatic rings. The van der Waals surface area contributed by atoms with Crippen LogP contribution in [0.25, 0.3) is 0 Å². The van der Waals surface area contributed by atoms with E-state index in [1.165, 1.54) is 11.3 Å². The number of hydrogen-bond acceptors (Lipinski definition) is 5. The Morgan fingerprint density at radius 3 is 2.64 bits per heavy atom. The van der Waals surface area contributed by atoms with Crippen molar-refractivity contribution in [2.45, 2.75) is 13.5 Å². The number of rotatable bonds is 7. The molecule has 1 aromatic heterocycles. The van der Waals surface area contributed by atoms with Gasteiger partial charge in [-0.05, 0) is 36.1 Å². The van der Waals surface area contributed by atoms with Gasteiger partial charge >= 0.3 is 0 Å². The zero-order valence-corrected chi connectivity index (χ0v) is 15.6. The van der Waals surface area contributed by atoms with Crippen LogP contribution < -0.4 is 19.7 Å². The molecule has 1 atom stereocenters. The van der Waals surface area contributed by atoms with E-state index in [0.717, 1.165) is 16.0 Å². The van der Waals surface area contributed by atoms with Gasteiger partial charge in [0.05, 0.1) is 26.8 Å². The van der Waals surface area contributed by atoms with Crippen molar-refractivity contribution in [3.05, 3.63) is 40.3 Å². The summed E-state index contributed by atoms with van der Waals surface area (Å²) in [5, 5.41) is 14.2. The molecular formula is C18H22N3O3S+. The van der Waals surface area contributed by atoms with Crippen molar-refractivity contribution in [1.82, 2.24) is 0 Å². The van der Waals surface area contributed by atoms with Crippen LogP contribution in [0.1, 0.15) is 16.7 Å². The number of quaternary nitrogens is 1. The quantitative estimate of drug-likeness (QED) is 0.786. The lowest BCUT2D eigenvalue weighted by molar-refractivity contribution is -0.885. The third-order valence-corrected chi connectivity index (χ3v) is 4.67. The third-order valence-electron chi connectivity index (χ3n) is 3.84. The summed E-state index contributed by atoms with van der Waals surface area (Å²) < 4.78 is 10.6. The second-order valence-electron chi connectivity index (χ2n) is 5.77. The van der Waals surface area contributed by atoms with Gasteiger partial charge in [-0.15, -0.1) is 11.3 Å². The molecule has 1 unspecified atom stereocenters. The minimum absolute atomic E-state index is 0.116. The van der Waals surface area contributed by atoms with Crippen molar-refractivity contribution in [3.63, 3.8) is 0 Å². The van der Waals surface area contributed by atoms with Gasteiger partial charge in [-0.3, -0.25) is 4.79 Å². The summed E-state index contributed by atoms with van der Waals surface area (Å²) in [6.45, 7) is 2.99. The summed E-state index contributed by atoms with van der Waals surface area (Å²) in [4.78, 5) is 13.2. The standard InChI is InChI=1S/C18H21N3O3S/c1-12-7-15(23-3)16(24-4)8-14(12)10-21(2)11-17(22)20-18-13(9-19)5-6-25-18/h5-8H,10-11H2,1-4H3,(H,20,22)/p+1. The Labute approximate surface area is 151 Å². The van der Waals surface area contributed by atoms with Gasteiger partial charge in [0.1, 0.15) is 17.6 Å². The summed E-state index contributed by atoms with van der Waals surface area (Å²) in [5.41, 5.74) is 2.67. The lowest BCUT2D eigenvalue weighted by atomic mass is 10.1. The minimum Gasteiger partial charge on any atom is -0.493 e. The molecule has 7 heteroatoms. The van der Waals surface area contributed by atoms with E-state index in [1.54, 1.807) is 25.7 Å². The highest BCUT2D eigenvalue weighted by molar-refractivity contribution is 7.14. The highest BCUT2D eigenvalue weighted by Crippen LogP contribution is 2.29. The molecule has 0 fully saturated rings. The SMILES string of the molecule is COc1cc(C)c(C[NH+](C)CC(=O)Nc2sccc2C#N)cc1OC. The van der Waals surface area contributed by atoms with E-state index < -0.39 is 0 Å². The summed E-state index contributed by atoms with van der Waals surface area (Å²) in [6.07, 6.45) is 0. The molecule has 0 saturated carbocycles. The maximum absolute atomic E-state index is 12.2. The number of nitrogens with one attached hydrogen (secondary N) is 2. The summed E-state index contributed by atoms with van der Waals surface area (Å²) in [6, 6.07) is 7.65. The molecule has 132 valence electrons. The maximum atomic E-state index is 12.2. The molecule has 0 saturated heterocycles. The van der Waals surface area contributed by atoms with E-state index in [0.29, 0.717) is 35.2 Å². The van der Waals surface area contributed by atoms with Crippen LogP contribution in [0.15, 0.2) is 23.6 Å². The predicted molar refractivity (Wildman–Crippen MR) is 97.4 cm³/mol. The van der Waals surface area contributed by atoms with Crippen LogP contribution in [0.2, 0.25) is 0 Å². The predicted octanol–water partition coefficient (Wildman–Crippen LogP) is 1.60. The first kappa shape index (κ1) is 18.8. The number of thiophene rings is 1. The zero-order chi connectivity index (χ0) is 18.4. The normalized spacial score (nSPS) is 11.5. The Hall–Kier alpha value is -2.56. The Morgan fingerprint density at radius 2 is 2.00 bits per heavy atom. The van der Waals surface area contributed by atoms with Gasteiger partial charge in [0.2, 0.25) is 0 Å². The van der Waals surface area contributed by atoms with Crippen LogP contribution in [-0.4, -0.2) is 33.7 Å². The molecule has 0 aliphatic rings. The van der Waals surface area contributed by atoms with Crippen LogP contribution in [0.5, 0.6) is 11.5 Å². The molecule has 2 rings (SSSR count). The molecule has 2 N–H and O–H groups in total. The second-order valence-corrected chi connectivity index (χ2v) is 6.68. The second kappa shape index (κ2) is 8.51. The largest absolute Gasteiger partial charge is 0.493 e. The highest BCUT2D eigenvalue weighted by Gasteiger charge is 2.16. The van der Waals surface area contributed by atoms with E-state index in [1.807, 2.05) is 26.1 Å². The van der Waals surface area contributed by atoms with Gasteiger partial charge in [0, 0.05) is 5.56 Å². The van der Waals surface area contributed by atoms with E-state index in [-0.39, 0.29) is 5.91 Å². The number of anilines is 1. The van der Waals surface area contributed by atoms with Crippen molar-refractivity contribution in [3.8, 4) is 17.6 Å². The van der Waals surface area contributed by atoms with Crippen molar-refractivity contribution >= 4 is 22.2 Å². The maximum Gasteiger partial charge on any atom is 0.280 e. The van der Waals surface area contributed by atoms with Crippen molar-refractivity contribution < 1.29 is 19.2 Å². The highest BCUT2D eigenvalue weighted by atomic mass is 32.1. The molecule has 0 aliphatic carbocycles. The first-order chi connectivity index (χ1) is 12.0. The Bertz CT molecular complexity index is 795. The number of hydrogen-bond donors (Lipinski definition) is 2. The molecule has 0 bridgehead atoms. The fourth-order valence-electron chi connectivity index (χ4n) is 2.54. The number of methoxy groups -OCH3 is 2. The Balaban J connectivity index is 2.01. The number of carbonyl (C=O) groups is 1. The summed E-state index contributed by atoms with van der Waals surface area (Å²) in [5.74, 6) is 1.26. The number of ether oxygens (including phenoxy) is 2. The smallest absolute Gasteiger partial charge is 0.280 e. The molecule has 0 aliphatic heterocycles. The van der Waals surface area contributed by atoms with Gasteiger partial charge in [-0.2, -0.15) is 5.26 Å². The number of amides is 1. The van der Waals surface area contributed by atoms with E-state index >= 15 is 0 Å². The fourth-order valence-corrected chi connectivity index (χ4v) is 3.29. The van der Waals surface area contributed by atoms with Crippen molar-refractivity contribution in [2.24, 2.45) is 0 Å². The lowest BCUT2D eigenvalue weighted by Crippen LogP contribution is -3.08. The van der Waals surface area contributed by atoms with Crippen molar-refractivity contribution in [1.29, 1.82) is 5.26 Å². The molecular weight excluding hydrogens is 338 g/mol. The molecule has 1 amide bonds. The van der Waals surface area contributed by atoms with E-state index in [2.05, 4.69) is 11.4 Å². The first-order valence-corrected chi connectivity index (χ1v) is 8.66. The van der Waals surface area contributed by atoms with Gasteiger partial charge in [-0.1, -0.05) is 0 Å². The molecule has 0 radical (unpaired) electrons.